The maximum atomic E-state index is 11.8. The number of benzene rings is 2. The highest BCUT2D eigenvalue weighted by atomic mass is 35.5. The van der Waals surface area contributed by atoms with Gasteiger partial charge < -0.3 is 15.4 Å². The van der Waals surface area contributed by atoms with Gasteiger partial charge in [0.25, 0.3) is 11.8 Å². The molecule has 0 radical (unpaired) electrons. The van der Waals surface area contributed by atoms with Gasteiger partial charge in [0, 0.05) is 21.8 Å². The van der Waals surface area contributed by atoms with Gasteiger partial charge in [0.1, 0.15) is 6.54 Å². The number of ketones is 1. The molecule has 8 heteroatoms. The maximum Gasteiger partial charge on any atom is 0.325 e. The zero-order valence-electron chi connectivity index (χ0n) is 14.5. The Morgan fingerprint density at radius 1 is 0.926 bits per heavy atom. The summed E-state index contributed by atoms with van der Waals surface area (Å²) in [5.41, 5.74) is 1.34. The average molecular weight is 389 g/mol. The van der Waals surface area contributed by atoms with E-state index in [2.05, 4.69) is 10.6 Å². The van der Waals surface area contributed by atoms with Crippen LogP contribution in [0.2, 0.25) is 5.02 Å². The van der Waals surface area contributed by atoms with Gasteiger partial charge in [-0.25, -0.2) is 0 Å². The van der Waals surface area contributed by atoms with E-state index >= 15 is 0 Å². The second-order valence-electron chi connectivity index (χ2n) is 5.53. The third kappa shape index (κ3) is 6.56. The molecule has 0 bridgehead atoms. The summed E-state index contributed by atoms with van der Waals surface area (Å²) in [7, 11) is 0. The van der Waals surface area contributed by atoms with E-state index in [1.165, 1.54) is 19.1 Å². The summed E-state index contributed by atoms with van der Waals surface area (Å²) in [6.45, 7) is 0.574. The summed E-state index contributed by atoms with van der Waals surface area (Å²) in [4.78, 5) is 46.4. The molecule has 140 valence electrons. The Kier molecular flexibility index (Phi) is 7.08. The van der Waals surface area contributed by atoms with Crippen molar-refractivity contribution in [1.29, 1.82) is 0 Å². The van der Waals surface area contributed by atoms with Crippen molar-refractivity contribution in [2.75, 3.05) is 18.5 Å². The number of rotatable bonds is 7. The van der Waals surface area contributed by atoms with Crippen LogP contribution < -0.4 is 10.6 Å². The molecule has 27 heavy (non-hydrogen) atoms. The molecule has 7 nitrogen and oxygen atoms in total. The lowest BCUT2D eigenvalue weighted by molar-refractivity contribution is -0.146. The molecule has 0 unspecified atom stereocenters. The van der Waals surface area contributed by atoms with E-state index in [9.17, 15) is 19.2 Å². The van der Waals surface area contributed by atoms with Gasteiger partial charge in [0.2, 0.25) is 0 Å². The first-order valence-electron chi connectivity index (χ1n) is 7.95. The van der Waals surface area contributed by atoms with Gasteiger partial charge in [-0.05, 0) is 55.5 Å². The van der Waals surface area contributed by atoms with Crippen molar-refractivity contribution < 1.29 is 23.9 Å². The van der Waals surface area contributed by atoms with E-state index in [-0.39, 0.29) is 12.3 Å². The van der Waals surface area contributed by atoms with Crippen LogP contribution >= 0.6 is 11.6 Å². The first-order valence-corrected chi connectivity index (χ1v) is 8.33. The van der Waals surface area contributed by atoms with Crippen LogP contribution in [-0.4, -0.2) is 36.7 Å². The summed E-state index contributed by atoms with van der Waals surface area (Å²) in [6.07, 6.45) is 0. The lowest BCUT2D eigenvalue weighted by Gasteiger charge is -2.08. The molecular formula is C19H17ClN2O5. The van der Waals surface area contributed by atoms with E-state index in [0.717, 1.165) is 0 Å². The van der Waals surface area contributed by atoms with Crippen molar-refractivity contribution >= 4 is 40.9 Å². The zero-order chi connectivity index (χ0) is 19.8. The van der Waals surface area contributed by atoms with Crippen LogP contribution in [0, 0.1) is 0 Å². The molecule has 0 aliphatic rings. The molecule has 0 aliphatic heterocycles. The maximum absolute atomic E-state index is 11.8. The number of carbonyl (C=O) groups is 4. The number of amides is 2. The number of hydrogen-bond donors (Lipinski definition) is 2. The number of ether oxygens (including phenoxy) is 1. The van der Waals surface area contributed by atoms with Crippen LogP contribution in [-0.2, 0) is 14.3 Å². The molecule has 0 spiro atoms. The summed E-state index contributed by atoms with van der Waals surface area (Å²) in [5.74, 6) is -1.83. The summed E-state index contributed by atoms with van der Waals surface area (Å²) in [6, 6.07) is 12.5. The Balaban J connectivity index is 1.72. The highest BCUT2D eigenvalue weighted by Crippen LogP contribution is 2.10. The highest BCUT2D eigenvalue weighted by molar-refractivity contribution is 6.30. The fourth-order valence-electron chi connectivity index (χ4n) is 2.04. The predicted molar refractivity (Wildman–Crippen MR) is 99.8 cm³/mol. The molecule has 0 fully saturated rings. The van der Waals surface area contributed by atoms with Gasteiger partial charge in [-0.3, -0.25) is 19.2 Å². The van der Waals surface area contributed by atoms with Crippen molar-refractivity contribution in [2.45, 2.75) is 6.92 Å². The highest BCUT2D eigenvalue weighted by Gasteiger charge is 2.11. The third-order valence-corrected chi connectivity index (χ3v) is 3.69. The van der Waals surface area contributed by atoms with E-state index in [4.69, 9.17) is 16.3 Å². The summed E-state index contributed by atoms with van der Waals surface area (Å²) >= 11 is 5.74. The smallest absolute Gasteiger partial charge is 0.325 e. The molecule has 0 saturated carbocycles. The second-order valence-corrected chi connectivity index (χ2v) is 5.97. The van der Waals surface area contributed by atoms with Crippen LogP contribution in [0.15, 0.2) is 48.5 Å². The predicted octanol–water partition coefficient (Wildman–Crippen LogP) is 2.45. The van der Waals surface area contributed by atoms with E-state index in [1.807, 2.05) is 0 Å². The minimum Gasteiger partial charge on any atom is -0.454 e. The Hall–Kier alpha value is -3.19. The number of nitrogens with one attached hydrogen (secondary N) is 2. The van der Waals surface area contributed by atoms with Crippen molar-refractivity contribution in [3.63, 3.8) is 0 Å². The number of esters is 1. The zero-order valence-corrected chi connectivity index (χ0v) is 15.2. The Morgan fingerprint density at radius 3 is 2.11 bits per heavy atom. The molecule has 2 N–H and O–H groups in total. The monoisotopic (exact) mass is 388 g/mol. The quantitative estimate of drug-likeness (QED) is 0.560. The van der Waals surface area contributed by atoms with Crippen molar-refractivity contribution in [1.82, 2.24) is 5.32 Å². The minimum atomic E-state index is -0.751. The van der Waals surface area contributed by atoms with Crippen LogP contribution in [0.4, 0.5) is 5.69 Å². The molecule has 2 aromatic rings. The fraction of sp³-hybridized carbons (Fsp3) is 0.158. The SMILES string of the molecule is CC(=O)c1ccc(NC(=O)COC(=O)CNC(=O)c2ccc(Cl)cc2)cc1. The molecule has 2 amide bonds. The van der Waals surface area contributed by atoms with E-state index < -0.39 is 24.4 Å². The van der Waals surface area contributed by atoms with E-state index in [0.29, 0.717) is 21.8 Å². The van der Waals surface area contributed by atoms with Crippen LogP contribution in [0.25, 0.3) is 0 Å². The number of Topliss-reactive ketones (excluding diaryl/α,β-unsaturated/α-hetero) is 1. The molecule has 0 atom stereocenters. The molecule has 0 aromatic heterocycles. The third-order valence-electron chi connectivity index (χ3n) is 3.44. The van der Waals surface area contributed by atoms with Gasteiger partial charge in [-0.2, -0.15) is 0 Å². The molecule has 0 saturated heterocycles. The summed E-state index contributed by atoms with van der Waals surface area (Å²) < 4.78 is 4.80. The van der Waals surface area contributed by atoms with E-state index in [1.54, 1.807) is 36.4 Å². The van der Waals surface area contributed by atoms with Gasteiger partial charge in [-0.15, -0.1) is 0 Å². The van der Waals surface area contributed by atoms with Crippen LogP contribution in [0.5, 0.6) is 0 Å². The second kappa shape index (κ2) is 9.49. The standard InChI is InChI=1S/C19H17ClN2O5/c1-12(23)13-4-8-16(9-5-13)22-17(24)11-27-18(25)10-21-19(26)14-2-6-15(20)7-3-14/h2-9H,10-11H2,1H3,(H,21,26)(H,22,24). The van der Waals surface area contributed by atoms with Gasteiger partial charge in [0.05, 0.1) is 0 Å². The van der Waals surface area contributed by atoms with Crippen molar-refractivity contribution in [2.24, 2.45) is 0 Å². The Morgan fingerprint density at radius 2 is 1.52 bits per heavy atom. The number of carbonyl (C=O) groups excluding carboxylic acids is 4. The molecule has 2 aromatic carbocycles. The number of anilines is 1. The van der Waals surface area contributed by atoms with Crippen molar-refractivity contribution in [3.05, 3.63) is 64.7 Å². The lowest BCUT2D eigenvalue weighted by Crippen LogP contribution is -2.32. The van der Waals surface area contributed by atoms with Gasteiger partial charge >= 0.3 is 5.97 Å². The summed E-state index contributed by atoms with van der Waals surface area (Å²) in [5, 5.41) is 5.41. The molecule has 2 rings (SSSR count). The molecule has 0 heterocycles. The minimum absolute atomic E-state index is 0.0811. The number of hydrogen-bond acceptors (Lipinski definition) is 5. The first-order chi connectivity index (χ1) is 12.8. The van der Waals surface area contributed by atoms with Gasteiger partial charge in [-0.1, -0.05) is 11.6 Å². The first kappa shape index (κ1) is 20.1. The fourth-order valence-corrected chi connectivity index (χ4v) is 2.16. The Bertz CT molecular complexity index is 847. The largest absolute Gasteiger partial charge is 0.454 e. The van der Waals surface area contributed by atoms with Gasteiger partial charge in [0.15, 0.2) is 12.4 Å². The number of halogens is 1. The van der Waals surface area contributed by atoms with Crippen molar-refractivity contribution in [3.8, 4) is 0 Å². The average Bonchev–Trinajstić information content (AvgIpc) is 2.65. The van der Waals surface area contributed by atoms with Crippen LogP contribution in [0.1, 0.15) is 27.6 Å². The van der Waals surface area contributed by atoms with Crippen LogP contribution in [0.3, 0.4) is 0 Å². The normalized spacial score (nSPS) is 10.0. The lowest BCUT2D eigenvalue weighted by atomic mass is 10.1. The topological polar surface area (TPSA) is 102 Å². The molecular weight excluding hydrogens is 372 g/mol. The Labute approximate surface area is 160 Å². The molecule has 0 aliphatic carbocycles.